The predicted octanol–water partition coefficient (Wildman–Crippen LogP) is 1.92. The minimum atomic E-state index is -1.09. The minimum absolute atomic E-state index is 0.0647. The zero-order valence-electron chi connectivity index (χ0n) is 13.4. The highest BCUT2D eigenvalue weighted by atomic mass is 19.2. The number of anilines is 1. The first-order valence-electron chi connectivity index (χ1n) is 7.79. The first-order chi connectivity index (χ1) is 12.0. The normalized spacial score (nSPS) is 16.2. The summed E-state index contributed by atoms with van der Waals surface area (Å²) < 4.78 is 30.7. The van der Waals surface area contributed by atoms with Crippen molar-refractivity contribution in [3.8, 4) is 0 Å². The van der Waals surface area contributed by atoms with E-state index in [4.69, 9.17) is 4.74 Å². The molecule has 0 saturated carbocycles. The summed E-state index contributed by atoms with van der Waals surface area (Å²) >= 11 is 0. The van der Waals surface area contributed by atoms with Gasteiger partial charge in [-0.1, -0.05) is 12.2 Å². The SMILES string of the molecule is O=C(COC(=O)[C@@H]1CC=CCC1)NCC(=O)Nc1ccc(F)c(F)c1. The maximum absolute atomic E-state index is 13.0. The third-order valence-electron chi connectivity index (χ3n) is 3.60. The van der Waals surface area contributed by atoms with Crippen molar-refractivity contribution in [2.45, 2.75) is 19.3 Å². The van der Waals surface area contributed by atoms with Crippen LogP contribution in [0.5, 0.6) is 0 Å². The van der Waals surface area contributed by atoms with Crippen molar-refractivity contribution < 1.29 is 27.9 Å². The van der Waals surface area contributed by atoms with Gasteiger partial charge in [0.15, 0.2) is 18.2 Å². The third kappa shape index (κ3) is 5.98. The Balaban J connectivity index is 1.68. The van der Waals surface area contributed by atoms with E-state index in [-0.39, 0.29) is 18.2 Å². The van der Waals surface area contributed by atoms with Crippen LogP contribution in [0.3, 0.4) is 0 Å². The average Bonchev–Trinajstić information content (AvgIpc) is 2.61. The number of esters is 1. The molecule has 8 heteroatoms. The lowest BCUT2D eigenvalue weighted by Crippen LogP contribution is -2.36. The number of benzene rings is 1. The van der Waals surface area contributed by atoms with Gasteiger partial charge < -0.3 is 15.4 Å². The molecule has 1 aromatic rings. The quantitative estimate of drug-likeness (QED) is 0.605. The van der Waals surface area contributed by atoms with Crippen LogP contribution in [0.1, 0.15) is 19.3 Å². The maximum atomic E-state index is 13.0. The molecule has 134 valence electrons. The van der Waals surface area contributed by atoms with Crippen LogP contribution in [0, 0.1) is 17.6 Å². The molecule has 0 aromatic heterocycles. The number of ether oxygens (including phenoxy) is 1. The van der Waals surface area contributed by atoms with Crippen molar-refractivity contribution in [3.05, 3.63) is 42.0 Å². The molecule has 0 unspecified atom stereocenters. The highest BCUT2D eigenvalue weighted by Gasteiger charge is 2.21. The molecule has 1 aliphatic carbocycles. The van der Waals surface area contributed by atoms with Crippen molar-refractivity contribution in [1.82, 2.24) is 5.32 Å². The first kappa shape index (κ1) is 18.6. The van der Waals surface area contributed by atoms with Gasteiger partial charge in [0.1, 0.15) is 0 Å². The summed E-state index contributed by atoms with van der Waals surface area (Å²) in [5.41, 5.74) is 0.0647. The van der Waals surface area contributed by atoms with Gasteiger partial charge in [-0.3, -0.25) is 14.4 Å². The molecule has 2 rings (SSSR count). The molecule has 0 bridgehead atoms. The summed E-state index contributed by atoms with van der Waals surface area (Å²) in [5, 5.41) is 4.58. The highest BCUT2D eigenvalue weighted by Crippen LogP contribution is 2.19. The molecule has 1 aliphatic rings. The fraction of sp³-hybridized carbons (Fsp3) is 0.353. The van der Waals surface area contributed by atoms with Crippen molar-refractivity contribution in [2.24, 2.45) is 5.92 Å². The molecule has 0 heterocycles. The molecule has 25 heavy (non-hydrogen) atoms. The van der Waals surface area contributed by atoms with Gasteiger partial charge in [0, 0.05) is 11.8 Å². The summed E-state index contributed by atoms with van der Waals surface area (Å²) in [5.74, 6) is -4.05. The smallest absolute Gasteiger partial charge is 0.309 e. The lowest BCUT2D eigenvalue weighted by atomic mass is 9.95. The fourth-order valence-corrected chi connectivity index (χ4v) is 2.27. The summed E-state index contributed by atoms with van der Waals surface area (Å²) in [7, 11) is 0. The van der Waals surface area contributed by atoms with E-state index in [1.807, 2.05) is 12.2 Å². The maximum Gasteiger partial charge on any atom is 0.309 e. The van der Waals surface area contributed by atoms with Gasteiger partial charge in [0.25, 0.3) is 5.91 Å². The Morgan fingerprint density at radius 1 is 1.12 bits per heavy atom. The van der Waals surface area contributed by atoms with E-state index >= 15 is 0 Å². The van der Waals surface area contributed by atoms with Gasteiger partial charge >= 0.3 is 5.97 Å². The molecule has 0 spiro atoms. The number of halogens is 2. The van der Waals surface area contributed by atoms with E-state index in [0.717, 1.165) is 18.6 Å². The first-order valence-corrected chi connectivity index (χ1v) is 7.79. The molecule has 1 atom stereocenters. The van der Waals surface area contributed by atoms with E-state index < -0.39 is 36.0 Å². The monoisotopic (exact) mass is 352 g/mol. The Morgan fingerprint density at radius 3 is 2.60 bits per heavy atom. The van der Waals surface area contributed by atoms with Crippen LogP contribution in [-0.4, -0.2) is 30.9 Å². The van der Waals surface area contributed by atoms with Crippen LogP contribution in [0.15, 0.2) is 30.4 Å². The lowest BCUT2D eigenvalue weighted by Gasteiger charge is -2.16. The van der Waals surface area contributed by atoms with E-state index in [1.54, 1.807) is 0 Å². The predicted molar refractivity (Wildman–Crippen MR) is 85.4 cm³/mol. The number of carbonyl (C=O) groups excluding carboxylic acids is 3. The molecule has 2 N–H and O–H groups in total. The van der Waals surface area contributed by atoms with Crippen molar-refractivity contribution >= 4 is 23.5 Å². The third-order valence-corrected chi connectivity index (χ3v) is 3.60. The summed E-state index contributed by atoms with van der Waals surface area (Å²) in [6.07, 6.45) is 5.97. The zero-order chi connectivity index (χ0) is 18.2. The molecule has 0 saturated heterocycles. The Hall–Kier alpha value is -2.77. The van der Waals surface area contributed by atoms with Gasteiger partial charge in [-0.2, -0.15) is 0 Å². The number of hydrogen-bond acceptors (Lipinski definition) is 4. The summed E-state index contributed by atoms with van der Waals surface area (Å²) in [6.45, 7) is -0.862. The molecular formula is C17H18F2N2O4. The second-order valence-corrected chi connectivity index (χ2v) is 5.54. The van der Waals surface area contributed by atoms with Gasteiger partial charge in [0.05, 0.1) is 12.5 Å². The van der Waals surface area contributed by atoms with E-state index in [2.05, 4.69) is 10.6 Å². The van der Waals surface area contributed by atoms with Crippen LogP contribution in [0.4, 0.5) is 14.5 Å². The molecular weight excluding hydrogens is 334 g/mol. The fourth-order valence-electron chi connectivity index (χ4n) is 2.27. The zero-order valence-corrected chi connectivity index (χ0v) is 13.4. The minimum Gasteiger partial charge on any atom is -0.455 e. The van der Waals surface area contributed by atoms with Crippen LogP contribution in [0.25, 0.3) is 0 Å². The second-order valence-electron chi connectivity index (χ2n) is 5.54. The van der Waals surface area contributed by atoms with Gasteiger partial charge in [-0.05, 0) is 31.4 Å². The second kappa shape index (κ2) is 8.91. The number of carbonyl (C=O) groups is 3. The van der Waals surface area contributed by atoms with Crippen LogP contribution >= 0.6 is 0 Å². The molecule has 0 radical (unpaired) electrons. The summed E-state index contributed by atoms with van der Waals surface area (Å²) in [6, 6.07) is 2.90. The molecule has 6 nitrogen and oxygen atoms in total. The topological polar surface area (TPSA) is 84.5 Å². The van der Waals surface area contributed by atoms with Crippen molar-refractivity contribution in [1.29, 1.82) is 0 Å². The van der Waals surface area contributed by atoms with Crippen LogP contribution in [-0.2, 0) is 19.1 Å². The van der Waals surface area contributed by atoms with Crippen molar-refractivity contribution in [3.63, 3.8) is 0 Å². The molecule has 0 aliphatic heterocycles. The Kier molecular flexibility index (Phi) is 6.62. The van der Waals surface area contributed by atoms with Gasteiger partial charge in [-0.25, -0.2) is 8.78 Å². The average molecular weight is 352 g/mol. The van der Waals surface area contributed by atoms with E-state index in [0.29, 0.717) is 12.8 Å². The van der Waals surface area contributed by atoms with Crippen LogP contribution in [0.2, 0.25) is 0 Å². The number of nitrogens with one attached hydrogen (secondary N) is 2. The Labute approximate surface area is 143 Å². The molecule has 2 amide bonds. The number of amides is 2. The Bertz CT molecular complexity index is 691. The molecule has 0 fully saturated rings. The largest absolute Gasteiger partial charge is 0.455 e. The Morgan fingerprint density at radius 2 is 1.92 bits per heavy atom. The van der Waals surface area contributed by atoms with Crippen molar-refractivity contribution in [2.75, 3.05) is 18.5 Å². The van der Waals surface area contributed by atoms with Gasteiger partial charge in [0.2, 0.25) is 5.91 Å². The lowest BCUT2D eigenvalue weighted by molar-refractivity contribution is -0.152. The van der Waals surface area contributed by atoms with Crippen LogP contribution < -0.4 is 10.6 Å². The standard InChI is InChI=1S/C17H18F2N2O4/c18-13-7-6-12(8-14(13)19)21-15(22)9-20-16(23)10-25-17(24)11-4-2-1-3-5-11/h1-2,6-8,11H,3-5,9-10H2,(H,20,23)(H,21,22)/t11-/m1/s1. The van der Waals surface area contributed by atoms with E-state index in [9.17, 15) is 23.2 Å². The number of hydrogen-bond donors (Lipinski definition) is 2. The van der Waals surface area contributed by atoms with Gasteiger partial charge in [-0.15, -0.1) is 0 Å². The highest BCUT2D eigenvalue weighted by molar-refractivity contribution is 5.94. The number of rotatable bonds is 6. The summed E-state index contributed by atoms with van der Waals surface area (Å²) in [4.78, 5) is 35.0. The number of allylic oxidation sites excluding steroid dienone is 2. The van der Waals surface area contributed by atoms with E-state index in [1.165, 1.54) is 6.07 Å². The molecule has 1 aromatic carbocycles.